The van der Waals surface area contributed by atoms with Gasteiger partial charge in [-0.1, -0.05) is 105 Å². The summed E-state index contributed by atoms with van der Waals surface area (Å²) in [7, 11) is 0. The highest BCUT2D eigenvalue weighted by Gasteiger charge is 2.12. The molecule has 1 nitrogen and oxygen atoms in total. The highest BCUT2D eigenvalue weighted by molar-refractivity contribution is 5.49. The lowest BCUT2D eigenvalue weighted by molar-refractivity contribution is 0.788. The van der Waals surface area contributed by atoms with Gasteiger partial charge in [0.1, 0.15) is 0 Å². The summed E-state index contributed by atoms with van der Waals surface area (Å²) in [5.41, 5.74) is 15.6. The first-order chi connectivity index (χ1) is 16.2. The third-order valence-corrected chi connectivity index (χ3v) is 5.99. The van der Waals surface area contributed by atoms with E-state index in [-0.39, 0.29) is 0 Å². The van der Waals surface area contributed by atoms with Crippen LogP contribution in [0.1, 0.15) is 74.3 Å². The Morgan fingerprint density at radius 1 is 0.794 bits per heavy atom. The first-order valence-corrected chi connectivity index (χ1v) is 12.4. The molecule has 1 atom stereocenters. The molecule has 1 heteroatoms. The molecule has 0 saturated heterocycles. The van der Waals surface area contributed by atoms with Crippen molar-refractivity contribution in [3.05, 3.63) is 125 Å². The summed E-state index contributed by atoms with van der Waals surface area (Å²) in [4.78, 5) is 0. The maximum Gasteiger partial charge on any atom is 0.0346 e. The van der Waals surface area contributed by atoms with E-state index in [0.717, 1.165) is 18.5 Å². The summed E-state index contributed by atoms with van der Waals surface area (Å²) in [5, 5.41) is 0. The first kappa shape index (κ1) is 29.0. The van der Waals surface area contributed by atoms with E-state index in [1.807, 2.05) is 19.1 Å². The number of hydrogen-bond acceptors (Lipinski definition) is 1. The molecule has 182 valence electrons. The summed E-state index contributed by atoms with van der Waals surface area (Å²) in [6.07, 6.45) is 4.54. The van der Waals surface area contributed by atoms with E-state index in [4.69, 9.17) is 5.73 Å². The normalized spacial score (nSPS) is 10.8. The predicted molar refractivity (Wildman–Crippen MR) is 154 cm³/mol. The Balaban J connectivity index is 0.000000318. The van der Waals surface area contributed by atoms with Crippen molar-refractivity contribution in [2.45, 2.75) is 73.1 Å². The fourth-order valence-electron chi connectivity index (χ4n) is 3.61. The van der Waals surface area contributed by atoms with Crippen molar-refractivity contribution in [3.63, 3.8) is 0 Å². The Morgan fingerprint density at radius 2 is 1.38 bits per heavy atom. The van der Waals surface area contributed by atoms with Crippen LogP contribution in [0.15, 0.2) is 97.1 Å². The van der Waals surface area contributed by atoms with Gasteiger partial charge >= 0.3 is 0 Å². The average Bonchev–Trinajstić information content (AvgIpc) is 2.82. The van der Waals surface area contributed by atoms with Gasteiger partial charge in [0.15, 0.2) is 0 Å². The number of benzene rings is 3. The number of nitrogen functional groups attached to an aromatic ring is 1. The molecular formula is C33H45N. The third-order valence-electron chi connectivity index (χ3n) is 5.99. The van der Waals surface area contributed by atoms with Crippen LogP contribution in [0.2, 0.25) is 0 Å². The van der Waals surface area contributed by atoms with Gasteiger partial charge in [-0.25, -0.2) is 0 Å². The van der Waals surface area contributed by atoms with E-state index in [2.05, 4.69) is 108 Å². The van der Waals surface area contributed by atoms with Crippen LogP contribution < -0.4 is 5.73 Å². The molecule has 1 unspecified atom stereocenters. The summed E-state index contributed by atoms with van der Waals surface area (Å²) >= 11 is 0. The van der Waals surface area contributed by atoms with Crippen LogP contribution in [0.5, 0.6) is 0 Å². The molecule has 0 bridgehead atoms. The van der Waals surface area contributed by atoms with E-state index in [0.29, 0.717) is 5.92 Å². The standard InChI is InChI=1S/C19H22.C8H11N.C6H12/c1-4-16-10-12-17(13-11-16)14-19(15(2)3)18-8-6-5-7-9-18;1-6-4-3-5-8(9)7(6)2;1-4-5-6(2)3/h5-13,19H,2,4,14H2,1,3H3;3-5H,9H2,1-2H3;2,4-5H2,1,3H3. The predicted octanol–water partition coefficient (Wildman–Crippen LogP) is 9.40. The number of nitrogens with two attached hydrogens (primary N) is 1. The summed E-state index contributed by atoms with van der Waals surface area (Å²) in [5.74, 6) is 0.411. The largest absolute Gasteiger partial charge is 0.399 e. The molecule has 0 amide bonds. The Kier molecular flexibility index (Phi) is 13.4. The van der Waals surface area contributed by atoms with Crippen LogP contribution in [0.3, 0.4) is 0 Å². The van der Waals surface area contributed by atoms with Gasteiger partial charge in [-0.05, 0) is 80.8 Å². The van der Waals surface area contributed by atoms with Crippen LogP contribution in [0.4, 0.5) is 5.69 Å². The second kappa shape index (κ2) is 15.7. The van der Waals surface area contributed by atoms with Crippen molar-refractivity contribution < 1.29 is 0 Å². The van der Waals surface area contributed by atoms with Crippen molar-refractivity contribution in [1.29, 1.82) is 0 Å². The zero-order valence-electron chi connectivity index (χ0n) is 22.3. The van der Waals surface area contributed by atoms with Gasteiger partial charge < -0.3 is 5.73 Å². The molecule has 2 N–H and O–H groups in total. The number of anilines is 1. The molecule has 3 aromatic carbocycles. The zero-order chi connectivity index (χ0) is 25.5. The van der Waals surface area contributed by atoms with Gasteiger partial charge in [0.25, 0.3) is 0 Å². The average molecular weight is 456 g/mol. The fraction of sp³-hybridized carbons (Fsp3) is 0.333. The lowest BCUT2D eigenvalue weighted by atomic mass is 9.87. The Bertz CT molecular complexity index is 976. The Morgan fingerprint density at radius 3 is 1.79 bits per heavy atom. The first-order valence-electron chi connectivity index (χ1n) is 12.4. The van der Waals surface area contributed by atoms with Crippen molar-refractivity contribution >= 4 is 5.69 Å². The second-order valence-electron chi connectivity index (χ2n) is 9.18. The molecule has 0 aromatic heterocycles. The minimum absolute atomic E-state index is 0.411. The topological polar surface area (TPSA) is 26.0 Å². The lowest BCUT2D eigenvalue weighted by Gasteiger charge is -2.18. The molecule has 0 radical (unpaired) electrons. The maximum atomic E-state index is 5.62. The SMILES string of the molecule is C=C(C)C(Cc1ccc(CC)cc1)c1ccccc1.C=C(C)CCC.Cc1cccc(N)c1C. The van der Waals surface area contributed by atoms with Gasteiger partial charge in [0, 0.05) is 11.6 Å². The van der Waals surface area contributed by atoms with Crippen molar-refractivity contribution in [3.8, 4) is 0 Å². The third kappa shape index (κ3) is 10.7. The molecule has 0 aliphatic rings. The summed E-state index contributed by atoms with van der Waals surface area (Å²) in [6, 6.07) is 25.6. The molecule has 0 fully saturated rings. The maximum absolute atomic E-state index is 5.62. The zero-order valence-corrected chi connectivity index (χ0v) is 22.3. The van der Waals surface area contributed by atoms with Crippen molar-refractivity contribution in [2.75, 3.05) is 5.73 Å². The van der Waals surface area contributed by atoms with Gasteiger partial charge in [0.2, 0.25) is 0 Å². The number of hydrogen-bond donors (Lipinski definition) is 1. The number of rotatable bonds is 7. The summed E-state index contributed by atoms with van der Waals surface area (Å²) in [6.45, 7) is 20.5. The van der Waals surface area contributed by atoms with E-state index in [1.54, 1.807) is 0 Å². The molecular weight excluding hydrogens is 410 g/mol. The molecule has 0 aliphatic carbocycles. The second-order valence-corrected chi connectivity index (χ2v) is 9.18. The monoisotopic (exact) mass is 455 g/mol. The summed E-state index contributed by atoms with van der Waals surface area (Å²) < 4.78 is 0. The number of allylic oxidation sites excluding steroid dienone is 2. The molecule has 3 rings (SSSR count). The van der Waals surface area contributed by atoms with Crippen LogP contribution in [-0.2, 0) is 12.8 Å². The van der Waals surface area contributed by atoms with Crippen LogP contribution in [-0.4, -0.2) is 0 Å². The van der Waals surface area contributed by atoms with E-state index in [9.17, 15) is 0 Å². The minimum atomic E-state index is 0.411. The molecule has 3 aromatic rings. The smallest absolute Gasteiger partial charge is 0.0346 e. The lowest BCUT2D eigenvalue weighted by Crippen LogP contribution is -2.04. The molecule has 0 aliphatic heterocycles. The highest BCUT2D eigenvalue weighted by atomic mass is 14.5. The van der Waals surface area contributed by atoms with Gasteiger partial charge in [-0.3, -0.25) is 0 Å². The quantitative estimate of drug-likeness (QED) is 0.279. The van der Waals surface area contributed by atoms with Gasteiger partial charge in [0.05, 0.1) is 0 Å². The van der Waals surface area contributed by atoms with Crippen LogP contribution in [0.25, 0.3) is 0 Å². The van der Waals surface area contributed by atoms with Gasteiger partial charge in [-0.15, -0.1) is 6.58 Å². The van der Waals surface area contributed by atoms with Crippen molar-refractivity contribution in [1.82, 2.24) is 0 Å². The van der Waals surface area contributed by atoms with Crippen molar-refractivity contribution in [2.24, 2.45) is 0 Å². The van der Waals surface area contributed by atoms with E-state index >= 15 is 0 Å². The van der Waals surface area contributed by atoms with Crippen LogP contribution in [0, 0.1) is 13.8 Å². The fourth-order valence-corrected chi connectivity index (χ4v) is 3.61. The highest BCUT2D eigenvalue weighted by Crippen LogP contribution is 2.27. The Hall–Kier alpha value is -3.06. The van der Waals surface area contributed by atoms with E-state index in [1.165, 1.54) is 51.8 Å². The molecule has 0 heterocycles. The van der Waals surface area contributed by atoms with Crippen LogP contribution >= 0.6 is 0 Å². The Labute approximate surface area is 209 Å². The van der Waals surface area contributed by atoms with Gasteiger partial charge in [-0.2, -0.15) is 0 Å². The molecule has 0 saturated carbocycles. The minimum Gasteiger partial charge on any atom is -0.399 e. The molecule has 0 spiro atoms. The van der Waals surface area contributed by atoms with E-state index < -0.39 is 0 Å². The number of aryl methyl sites for hydroxylation is 2. The molecule has 34 heavy (non-hydrogen) atoms.